The first-order valence-corrected chi connectivity index (χ1v) is 10.1. The van der Waals surface area contributed by atoms with Crippen LogP contribution in [-0.4, -0.2) is 18.4 Å². The Hall–Kier alpha value is -2.53. The van der Waals surface area contributed by atoms with Gasteiger partial charge in [-0.25, -0.2) is 0 Å². The highest BCUT2D eigenvalue weighted by atomic mass is 16.1. The number of fused-ring (bicyclic) bond motifs is 3. The van der Waals surface area contributed by atoms with E-state index in [1.54, 1.807) is 6.92 Å². The molecule has 1 saturated heterocycles. The number of Topliss-reactive ketones (excluding diaryl/α,β-unsaturated/α-hetero) is 1. The summed E-state index contributed by atoms with van der Waals surface area (Å²) in [6.07, 6.45) is 6.65. The topological polar surface area (TPSA) is 20.3 Å². The Bertz CT molecular complexity index is 876. The van der Waals surface area contributed by atoms with Gasteiger partial charge in [0.05, 0.1) is 6.04 Å². The zero-order chi connectivity index (χ0) is 18.7. The average Bonchev–Trinajstić information content (AvgIpc) is 2.67. The molecule has 2 aromatic carbocycles. The van der Waals surface area contributed by atoms with Crippen molar-refractivity contribution >= 4 is 11.5 Å². The van der Waals surface area contributed by atoms with Gasteiger partial charge in [-0.3, -0.25) is 4.79 Å². The summed E-state index contributed by atoms with van der Waals surface area (Å²) in [5.74, 6) is 7.04. The van der Waals surface area contributed by atoms with E-state index >= 15 is 0 Å². The predicted molar refractivity (Wildman–Crippen MR) is 111 cm³/mol. The largest absolute Gasteiger partial charge is 0.366 e. The molecule has 0 saturated carbocycles. The van der Waals surface area contributed by atoms with Gasteiger partial charge in [0.25, 0.3) is 0 Å². The Morgan fingerprint density at radius 2 is 1.74 bits per heavy atom. The lowest BCUT2D eigenvalue weighted by molar-refractivity contribution is -0.125. The van der Waals surface area contributed by atoms with Gasteiger partial charge >= 0.3 is 0 Å². The molecule has 2 heteroatoms. The highest BCUT2D eigenvalue weighted by molar-refractivity contribution is 5.89. The zero-order valence-electron chi connectivity index (χ0n) is 16.1. The molecule has 0 aliphatic carbocycles. The van der Waals surface area contributed by atoms with Crippen molar-refractivity contribution in [3.05, 3.63) is 65.7 Å². The van der Waals surface area contributed by atoms with Crippen LogP contribution in [0.1, 0.15) is 50.2 Å². The number of rotatable bonds is 1. The summed E-state index contributed by atoms with van der Waals surface area (Å²) < 4.78 is 0. The maximum atomic E-state index is 13.1. The highest BCUT2D eigenvalue weighted by Gasteiger charge is 2.48. The second kappa shape index (κ2) is 7.61. The Balaban J connectivity index is 1.84. The summed E-state index contributed by atoms with van der Waals surface area (Å²) in [5.41, 5.74) is 2.92. The summed E-state index contributed by atoms with van der Waals surface area (Å²) >= 11 is 0. The van der Waals surface area contributed by atoms with Crippen LogP contribution >= 0.6 is 0 Å². The number of hydrogen-bond acceptors (Lipinski definition) is 2. The fourth-order valence-electron chi connectivity index (χ4n) is 4.72. The van der Waals surface area contributed by atoms with Crippen molar-refractivity contribution in [3.8, 4) is 11.8 Å². The highest BCUT2D eigenvalue weighted by Crippen LogP contribution is 2.44. The van der Waals surface area contributed by atoms with Crippen molar-refractivity contribution in [2.75, 3.05) is 11.4 Å². The minimum absolute atomic E-state index is 0.168. The molecule has 2 aromatic rings. The van der Waals surface area contributed by atoms with E-state index in [-0.39, 0.29) is 11.8 Å². The zero-order valence-corrected chi connectivity index (χ0v) is 16.1. The van der Waals surface area contributed by atoms with Gasteiger partial charge in [-0.1, -0.05) is 67.5 Å². The van der Waals surface area contributed by atoms with Gasteiger partial charge in [-0.15, -0.1) is 0 Å². The Kier molecular flexibility index (Phi) is 5.03. The smallest absolute Gasteiger partial charge is 0.150 e. The molecule has 2 aliphatic heterocycles. The van der Waals surface area contributed by atoms with Crippen molar-refractivity contribution in [1.29, 1.82) is 0 Å². The molecule has 0 N–H and O–H groups in total. The molecule has 0 spiro atoms. The summed E-state index contributed by atoms with van der Waals surface area (Å²) in [6.45, 7) is 2.76. The maximum Gasteiger partial charge on any atom is 0.150 e. The second-order valence-corrected chi connectivity index (χ2v) is 7.86. The van der Waals surface area contributed by atoms with Crippen LogP contribution in [0.3, 0.4) is 0 Å². The van der Waals surface area contributed by atoms with Gasteiger partial charge in [0.15, 0.2) is 0 Å². The van der Waals surface area contributed by atoms with Crippen molar-refractivity contribution in [3.63, 3.8) is 0 Å². The lowest BCUT2D eigenvalue weighted by Crippen LogP contribution is -2.56. The van der Waals surface area contributed by atoms with E-state index in [0.717, 1.165) is 24.9 Å². The van der Waals surface area contributed by atoms with E-state index in [4.69, 9.17) is 0 Å². The molecule has 27 heavy (non-hydrogen) atoms. The quantitative estimate of drug-likeness (QED) is 0.669. The van der Waals surface area contributed by atoms with Crippen LogP contribution in [0.25, 0.3) is 0 Å². The van der Waals surface area contributed by atoms with Crippen molar-refractivity contribution in [2.24, 2.45) is 5.41 Å². The molecule has 4 rings (SSSR count). The minimum atomic E-state index is -0.623. The molecule has 0 bridgehead atoms. The SMILES string of the molecule is CC(=O)[C@]1(C#Cc2ccccc2)Cc2ccccc2N2CCCCCC[C@@H]21. The lowest BCUT2D eigenvalue weighted by atomic mass is 9.67. The first kappa shape index (κ1) is 17.9. The molecule has 2 nitrogen and oxygen atoms in total. The normalized spacial score (nSPS) is 24.5. The van der Waals surface area contributed by atoms with Gasteiger partial charge in [-0.05, 0) is 43.5 Å². The molecule has 138 valence electrons. The molecule has 2 atom stereocenters. The van der Waals surface area contributed by atoms with Crippen LogP contribution in [0, 0.1) is 17.3 Å². The molecule has 1 fully saturated rings. The number of anilines is 1. The standard InChI is InChI=1S/C25H27NO/c1-20(27)25(17-16-21-11-5-4-6-12-21)19-22-13-8-9-14-23(22)26-18-10-3-2-7-15-24(25)26/h4-6,8-9,11-14,24H,2-3,7,10,15,18-19H2,1H3/t24-,25+/m1/s1. The van der Waals surface area contributed by atoms with Crippen molar-refractivity contribution in [2.45, 2.75) is 51.5 Å². The van der Waals surface area contributed by atoms with Crippen molar-refractivity contribution in [1.82, 2.24) is 0 Å². The molecule has 2 heterocycles. The van der Waals surface area contributed by atoms with E-state index in [1.165, 1.54) is 36.9 Å². The van der Waals surface area contributed by atoms with Crippen LogP contribution in [0.5, 0.6) is 0 Å². The third kappa shape index (κ3) is 3.39. The van der Waals surface area contributed by atoms with Crippen LogP contribution in [0.4, 0.5) is 5.69 Å². The van der Waals surface area contributed by atoms with Gasteiger partial charge < -0.3 is 4.90 Å². The van der Waals surface area contributed by atoms with Crippen LogP contribution in [0.15, 0.2) is 54.6 Å². The summed E-state index contributed by atoms with van der Waals surface area (Å²) in [6, 6.07) is 18.8. The van der Waals surface area contributed by atoms with Crippen LogP contribution in [-0.2, 0) is 11.2 Å². The average molecular weight is 357 g/mol. The van der Waals surface area contributed by atoms with E-state index in [9.17, 15) is 4.79 Å². The summed E-state index contributed by atoms with van der Waals surface area (Å²) in [4.78, 5) is 15.6. The summed E-state index contributed by atoms with van der Waals surface area (Å²) in [5, 5.41) is 0. The van der Waals surface area contributed by atoms with Crippen LogP contribution in [0.2, 0.25) is 0 Å². The van der Waals surface area contributed by atoms with E-state index < -0.39 is 5.41 Å². The molecular formula is C25H27NO. The Morgan fingerprint density at radius 1 is 1.00 bits per heavy atom. The molecule has 0 aromatic heterocycles. The third-order valence-electron chi connectivity index (χ3n) is 6.17. The fourth-order valence-corrected chi connectivity index (χ4v) is 4.72. The second-order valence-electron chi connectivity index (χ2n) is 7.86. The number of carbonyl (C=O) groups is 1. The minimum Gasteiger partial charge on any atom is -0.366 e. The lowest BCUT2D eigenvalue weighted by Gasteiger charge is -2.49. The predicted octanol–water partition coefficient (Wildman–Crippen LogP) is 5.01. The maximum absolute atomic E-state index is 13.1. The molecule has 0 amide bonds. The van der Waals surface area contributed by atoms with E-state index in [0.29, 0.717) is 0 Å². The molecule has 0 unspecified atom stereocenters. The van der Waals surface area contributed by atoms with E-state index in [2.05, 4.69) is 41.0 Å². The van der Waals surface area contributed by atoms with E-state index in [1.807, 2.05) is 30.3 Å². The number of hydrogen-bond donors (Lipinski definition) is 0. The fraction of sp³-hybridized carbons (Fsp3) is 0.400. The first-order chi connectivity index (χ1) is 13.2. The monoisotopic (exact) mass is 357 g/mol. The number of para-hydroxylation sites is 1. The van der Waals surface area contributed by atoms with Gasteiger partial charge in [-0.2, -0.15) is 0 Å². The number of benzene rings is 2. The van der Waals surface area contributed by atoms with Gasteiger partial charge in [0.1, 0.15) is 11.2 Å². The molecule has 2 aliphatic rings. The van der Waals surface area contributed by atoms with Crippen molar-refractivity contribution < 1.29 is 4.79 Å². The van der Waals surface area contributed by atoms with Gasteiger partial charge in [0, 0.05) is 24.2 Å². The Labute approximate surface area is 162 Å². The third-order valence-corrected chi connectivity index (χ3v) is 6.17. The summed E-state index contributed by atoms with van der Waals surface area (Å²) in [7, 11) is 0. The number of nitrogens with zero attached hydrogens (tertiary/aromatic N) is 1. The Morgan fingerprint density at radius 3 is 2.56 bits per heavy atom. The molecule has 0 radical (unpaired) electrons. The molecular weight excluding hydrogens is 330 g/mol. The number of carbonyl (C=O) groups excluding carboxylic acids is 1. The first-order valence-electron chi connectivity index (χ1n) is 10.1. The number of ketones is 1. The van der Waals surface area contributed by atoms with Gasteiger partial charge in [0.2, 0.25) is 0 Å². The van der Waals surface area contributed by atoms with Crippen LogP contribution < -0.4 is 4.90 Å².